The number of aromatic amines is 1. The van der Waals surface area contributed by atoms with E-state index in [4.69, 9.17) is 4.98 Å². The van der Waals surface area contributed by atoms with Crippen LogP contribution in [0, 0.1) is 35.0 Å². The van der Waals surface area contributed by atoms with E-state index in [2.05, 4.69) is 10.3 Å². The van der Waals surface area contributed by atoms with Crippen LogP contribution in [0.4, 0.5) is 5.69 Å². The lowest BCUT2D eigenvalue weighted by atomic mass is 9.48. The van der Waals surface area contributed by atoms with E-state index in [0.29, 0.717) is 34.6 Å². The molecule has 0 atom stereocenters. The van der Waals surface area contributed by atoms with Gasteiger partial charge in [0.2, 0.25) is 0 Å². The van der Waals surface area contributed by atoms with Crippen LogP contribution in [0.5, 0.6) is 0 Å². The van der Waals surface area contributed by atoms with Gasteiger partial charge in [0.05, 0.1) is 5.56 Å². The topological polar surface area (TPSA) is 95.1 Å². The highest BCUT2D eigenvalue weighted by Gasteiger charge is 2.50. The Kier molecular flexibility index (Phi) is 7.92. The van der Waals surface area contributed by atoms with Crippen molar-refractivity contribution in [1.29, 1.82) is 0 Å². The third kappa shape index (κ3) is 5.79. The van der Waals surface area contributed by atoms with Gasteiger partial charge in [0.15, 0.2) is 0 Å². The minimum atomic E-state index is -0.993. The van der Waals surface area contributed by atoms with Crippen molar-refractivity contribution in [3.05, 3.63) is 47.0 Å². The summed E-state index contributed by atoms with van der Waals surface area (Å²) in [6.45, 7) is 0. The zero-order valence-electron chi connectivity index (χ0n) is 25.2. The van der Waals surface area contributed by atoms with Crippen molar-refractivity contribution in [2.75, 3.05) is 5.32 Å². The van der Waals surface area contributed by atoms with Crippen LogP contribution in [0.15, 0.2) is 24.3 Å². The zero-order valence-corrected chi connectivity index (χ0v) is 25.2. The fourth-order valence-corrected chi connectivity index (χ4v) is 10.7. The van der Waals surface area contributed by atoms with E-state index in [-0.39, 0.29) is 11.5 Å². The van der Waals surface area contributed by atoms with E-state index < -0.39 is 5.97 Å². The van der Waals surface area contributed by atoms with Gasteiger partial charge in [-0.25, -0.2) is 9.78 Å². The lowest BCUT2D eigenvalue weighted by Crippen LogP contribution is -2.46. The standard InChI is InChI=1S/C36H49N3O3/c40-34(37-29-13-7-12-28(19-29)35(41)42)32-30(14-15-36-20-23-16-24(21-36)18-25(17-23)22-36)38-33(39-32)31(26-8-3-1-4-9-26)27-10-5-2-6-11-27/h7,12-13,19,23-27,31H,1-6,8-11,14-18,20-22H2,(H,37,40)(H,38,39)(H,41,42). The average molecular weight is 572 g/mol. The molecule has 1 amide bonds. The molecule has 42 heavy (non-hydrogen) atoms. The van der Waals surface area contributed by atoms with Crippen LogP contribution >= 0.6 is 0 Å². The highest BCUT2D eigenvalue weighted by atomic mass is 16.4. The van der Waals surface area contributed by atoms with Gasteiger partial charge in [0.1, 0.15) is 11.5 Å². The minimum absolute atomic E-state index is 0.173. The molecule has 6 nitrogen and oxygen atoms in total. The van der Waals surface area contributed by atoms with Gasteiger partial charge in [0.25, 0.3) is 5.91 Å². The minimum Gasteiger partial charge on any atom is -0.478 e. The average Bonchev–Trinajstić information content (AvgIpc) is 3.41. The number of nitrogens with zero attached hydrogens (tertiary/aromatic N) is 1. The number of nitrogens with one attached hydrogen (secondary N) is 2. The van der Waals surface area contributed by atoms with Gasteiger partial charge < -0.3 is 15.4 Å². The summed E-state index contributed by atoms with van der Waals surface area (Å²) < 4.78 is 0. The van der Waals surface area contributed by atoms with Crippen molar-refractivity contribution < 1.29 is 14.7 Å². The van der Waals surface area contributed by atoms with E-state index in [1.54, 1.807) is 18.2 Å². The summed E-state index contributed by atoms with van der Waals surface area (Å²) >= 11 is 0. The second-order valence-electron chi connectivity index (χ2n) is 15.0. The number of rotatable bonds is 9. The van der Waals surface area contributed by atoms with Crippen LogP contribution in [-0.4, -0.2) is 27.0 Å². The molecule has 2 aromatic rings. The summed E-state index contributed by atoms with van der Waals surface area (Å²) in [4.78, 5) is 34.5. The van der Waals surface area contributed by atoms with E-state index in [1.165, 1.54) is 109 Å². The first-order valence-corrected chi connectivity index (χ1v) is 17.2. The molecule has 6 saturated carbocycles. The molecule has 0 unspecified atom stereocenters. The first-order chi connectivity index (χ1) is 20.4. The molecule has 0 aliphatic heterocycles. The van der Waals surface area contributed by atoms with Crippen molar-refractivity contribution in [2.45, 2.75) is 121 Å². The van der Waals surface area contributed by atoms with Gasteiger partial charge in [-0.3, -0.25) is 4.79 Å². The number of carbonyl (C=O) groups excluding carboxylic acids is 1. The molecule has 6 fully saturated rings. The Hall–Kier alpha value is -2.63. The molecule has 6 heteroatoms. The number of imidazole rings is 1. The van der Waals surface area contributed by atoms with Crippen LogP contribution in [0.3, 0.4) is 0 Å². The van der Waals surface area contributed by atoms with Gasteiger partial charge >= 0.3 is 5.97 Å². The van der Waals surface area contributed by atoms with Gasteiger partial charge in [-0.15, -0.1) is 0 Å². The van der Waals surface area contributed by atoms with Crippen LogP contribution in [0.2, 0.25) is 0 Å². The Morgan fingerprint density at radius 1 is 0.905 bits per heavy atom. The Bertz CT molecular complexity index is 1230. The molecule has 6 aliphatic carbocycles. The van der Waals surface area contributed by atoms with Crippen LogP contribution in [0.1, 0.15) is 147 Å². The molecule has 8 rings (SSSR count). The van der Waals surface area contributed by atoms with Gasteiger partial charge in [0, 0.05) is 17.3 Å². The lowest BCUT2D eigenvalue weighted by molar-refractivity contribution is -0.0570. The number of carbonyl (C=O) groups is 2. The van der Waals surface area contributed by atoms with Crippen LogP contribution < -0.4 is 5.32 Å². The Balaban J connectivity index is 1.19. The lowest BCUT2D eigenvalue weighted by Gasteiger charge is -2.57. The molecular weight excluding hydrogens is 522 g/mol. The number of hydrogen-bond acceptors (Lipinski definition) is 3. The molecule has 1 aromatic heterocycles. The van der Waals surface area contributed by atoms with Crippen LogP contribution in [0.25, 0.3) is 0 Å². The zero-order chi connectivity index (χ0) is 28.7. The van der Waals surface area contributed by atoms with E-state index >= 15 is 0 Å². The summed E-state index contributed by atoms with van der Waals surface area (Å²) in [6, 6.07) is 6.54. The molecule has 3 N–H and O–H groups in total. The third-order valence-corrected chi connectivity index (χ3v) is 12.1. The largest absolute Gasteiger partial charge is 0.478 e. The van der Waals surface area contributed by atoms with Gasteiger partial charge in [-0.1, -0.05) is 44.6 Å². The molecule has 4 bridgehead atoms. The van der Waals surface area contributed by atoms with Crippen molar-refractivity contribution in [2.24, 2.45) is 35.0 Å². The summed E-state index contributed by atoms with van der Waals surface area (Å²) in [6.07, 6.45) is 23.5. The maximum atomic E-state index is 13.9. The highest BCUT2D eigenvalue weighted by Crippen LogP contribution is 2.61. The van der Waals surface area contributed by atoms with E-state index in [9.17, 15) is 14.7 Å². The van der Waals surface area contributed by atoms with Crippen molar-refractivity contribution >= 4 is 17.6 Å². The van der Waals surface area contributed by atoms with Crippen LogP contribution in [-0.2, 0) is 6.42 Å². The Morgan fingerprint density at radius 3 is 2.07 bits per heavy atom. The van der Waals surface area contributed by atoms with Gasteiger partial charge in [-0.2, -0.15) is 0 Å². The molecule has 1 aromatic carbocycles. The Labute approximate surface area is 250 Å². The molecule has 1 heterocycles. The normalized spacial score (nSPS) is 29.7. The number of hydrogen-bond donors (Lipinski definition) is 3. The first kappa shape index (κ1) is 28.2. The number of anilines is 1. The van der Waals surface area contributed by atoms with Crippen molar-refractivity contribution in [3.8, 4) is 0 Å². The smallest absolute Gasteiger partial charge is 0.335 e. The van der Waals surface area contributed by atoms with E-state index in [0.717, 1.165) is 42.1 Å². The predicted molar refractivity (Wildman–Crippen MR) is 165 cm³/mol. The summed E-state index contributed by atoms with van der Waals surface area (Å²) in [5, 5.41) is 12.5. The number of carboxylic acids is 1. The second-order valence-corrected chi connectivity index (χ2v) is 15.0. The molecular formula is C36H49N3O3. The number of benzene rings is 1. The number of H-pyrrole nitrogens is 1. The fourth-order valence-electron chi connectivity index (χ4n) is 10.7. The maximum Gasteiger partial charge on any atom is 0.335 e. The first-order valence-electron chi connectivity index (χ1n) is 17.2. The second kappa shape index (κ2) is 11.8. The monoisotopic (exact) mass is 571 g/mol. The number of aromatic carboxylic acids is 1. The summed E-state index contributed by atoms with van der Waals surface area (Å²) in [5.41, 5.74) is 2.66. The molecule has 0 spiro atoms. The molecule has 6 aliphatic rings. The third-order valence-electron chi connectivity index (χ3n) is 12.1. The number of aryl methyl sites for hydroxylation is 1. The predicted octanol–water partition coefficient (Wildman–Crippen LogP) is 8.75. The SMILES string of the molecule is O=C(O)c1cccc(NC(=O)c2nc(C(C3CCCCC3)C3CCCCC3)[nH]c2CCC23CC4CC(CC(C4)C2)C3)c1. The van der Waals surface area contributed by atoms with Crippen molar-refractivity contribution in [1.82, 2.24) is 9.97 Å². The molecule has 226 valence electrons. The number of amides is 1. The number of carboxylic acid groups (broad SMARTS) is 1. The van der Waals surface area contributed by atoms with E-state index in [1.807, 2.05) is 0 Å². The van der Waals surface area contributed by atoms with Gasteiger partial charge in [-0.05, 0) is 130 Å². The fraction of sp³-hybridized carbons (Fsp3) is 0.694. The Morgan fingerprint density at radius 2 is 1.50 bits per heavy atom. The van der Waals surface area contributed by atoms with Crippen molar-refractivity contribution in [3.63, 3.8) is 0 Å². The molecule has 0 saturated heterocycles. The summed E-state index contributed by atoms with van der Waals surface area (Å²) in [5.74, 6) is 4.29. The molecule has 0 radical (unpaired) electrons. The quantitative estimate of drug-likeness (QED) is 0.280. The number of aromatic nitrogens is 2. The maximum absolute atomic E-state index is 13.9. The summed E-state index contributed by atoms with van der Waals surface area (Å²) in [7, 11) is 0. The highest BCUT2D eigenvalue weighted by molar-refractivity contribution is 6.04.